The summed E-state index contributed by atoms with van der Waals surface area (Å²) < 4.78 is 13.0. The summed E-state index contributed by atoms with van der Waals surface area (Å²) >= 11 is 0. The van der Waals surface area contributed by atoms with Crippen molar-refractivity contribution in [3.05, 3.63) is 44.2 Å². The van der Waals surface area contributed by atoms with Crippen LogP contribution in [0.25, 0.3) is 0 Å². The number of hydrogen-bond acceptors (Lipinski definition) is 5. The van der Waals surface area contributed by atoms with Crippen LogP contribution in [0.4, 0.5) is 4.39 Å². The molecule has 0 radical (unpaired) electrons. The molecule has 8 heteroatoms. The van der Waals surface area contributed by atoms with Gasteiger partial charge < -0.3 is 5.11 Å². The van der Waals surface area contributed by atoms with E-state index in [2.05, 4.69) is 0 Å². The Morgan fingerprint density at radius 2 is 2.07 bits per heavy atom. The zero-order valence-corrected chi connectivity index (χ0v) is 6.66. The molecule has 0 bridgehead atoms. The Morgan fingerprint density at radius 1 is 1.50 bits per heavy atom. The second-order valence-electron chi connectivity index (χ2n) is 2.64. The molecular weight excluding hydrogens is 199 g/mol. The lowest BCUT2D eigenvalue weighted by molar-refractivity contribution is -0.540. The number of rotatable bonds is 2. The van der Waals surface area contributed by atoms with Gasteiger partial charge in [-0.1, -0.05) is 0 Å². The summed E-state index contributed by atoms with van der Waals surface area (Å²) in [7, 11) is 0. The predicted molar refractivity (Wildman–Crippen MR) is 41.1 cm³/mol. The van der Waals surface area contributed by atoms with E-state index in [9.17, 15) is 24.6 Å². The SMILES string of the molecule is O=[N+]([O-])C1=CC([N+](=O)[O-])C(O)(F)C=C1. The van der Waals surface area contributed by atoms with Crippen LogP contribution in [0.15, 0.2) is 23.9 Å². The third kappa shape index (κ3) is 1.74. The lowest BCUT2D eigenvalue weighted by atomic mass is 10.0. The standard InChI is InChI=1S/C6H5FN2O5/c7-6(10)2-1-4(8(11)12)3-5(6)9(13)14/h1-3,5,10H. The van der Waals surface area contributed by atoms with E-state index in [0.29, 0.717) is 18.2 Å². The molecule has 1 rings (SSSR count). The smallest absolute Gasteiger partial charge is 0.299 e. The van der Waals surface area contributed by atoms with E-state index in [1.165, 1.54) is 0 Å². The van der Waals surface area contributed by atoms with Gasteiger partial charge in [0, 0.05) is 11.0 Å². The van der Waals surface area contributed by atoms with Crippen molar-refractivity contribution in [1.29, 1.82) is 0 Å². The zero-order chi connectivity index (χ0) is 10.9. The minimum Gasteiger partial charge on any atom is -0.353 e. The Morgan fingerprint density at radius 3 is 2.50 bits per heavy atom. The van der Waals surface area contributed by atoms with Gasteiger partial charge in [0.2, 0.25) is 0 Å². The number of aliphatic hydroxyl groups is 1. The van der Waals surface area contributed by atoms with Crippen LogP contribution in [0, 0.1) is 20.2 Å². The predicted octanol–water partition coefficient (Wildman–Crippen LogP) is 0.0202. The fourth-order valence-electron chi connectivity index (χ4n) is 0.965. The van der Waals surface area contributed by atoms with Crippen LogP contribution in [0.1, 0.15) is 0 Å². The number of alkyl halides is 1. The first-order chi connectivity index (χ1) is 6.34. The highest BCUT2D eigenvalue weighted by molar-refractivity contribution is 5.24. The molecule has 14 heavy (non-hydrogen) atoms. The van der Waals surface area contributed by atoms with Gasteiger partial charge in [-0.25, -0.2) is 0 Å². The van der Waals surface area contributed by atoms with Gasteiger partial charge in [0.25, 0.3) is 17.6 Å². The van der Waals surface area contributed by atoms with Gasteiger partial charge in [-0.3, -0.25) is 20.2 Å². The first-order valence-electron chi connectivity index (χ1n) is 3.45. The van der Waals surface area contributed by atoms with Crippen LogP contribution < -0.4 is 0 Å². The quantitative estimate of drug-likeness (QED) is 0.504. The first-order valence-corrected chi connectivity index (χ1v) is 3.45. The van der Waals surface area contributed by atoms with Crippen molar-refractivity contribution in [3.63, 3.8) is 0 Å². The molecule has 76 valence electrons. The van der Waals surface area contributed by atoms with Crippen molar-refractivity contribution in [2.75, 3.05) is 0 Å². The van der Waals surface area contributed by atoms with Crippen LogP contribution in [0.3, 0.4) is 0 Å². The van der Waals surface area contributed by atoms with Gasteiger partial charge in [0.1, 0.15) is 0 Å². The monoisotopic (exact) mass is 204 g/mol. The van der Waals surface area contributed by atoms with Crippen molar-refractivity contribution >= 4 is 0 Å². The van der Waals surface area contributed by atoms with Crippen molar-refractivity contribution in [3.8, 4) is 0 Å². The number of halogens is 1. The average molecular weight is 204 g/mol. The molecule has 7 nitrogen and oxygen atoms in total. The summed E-state index contributed by atoms with van der Waals surface area (Å²) in [6.45, 7) is 0. The van der Waals surface area contributed by atoms with E-state index in [-0.39, 0.29) is 0 Å². The Bertz CT molecular complexity index is 348. The second-order valence-corrected chi connectivity index (χ2v) is 2.64. The molecule has 0 heterocycles. The van der Waals surface area contributed by atoms with E-state index < -0.39 is 27.4 Å². The van der Waals surface area contributed by atoms with E-state index in [1.807, 2.05) is 0 Å². The highest BCUT2D eigenvalue weighted by Gasteiger charge is 2.46. The van der Waals surface area contributed by atoms with Crippen molar-refractivity contribution < 1.29 is 19.3 Å². The molecule has 0 aromatic heterocycles. The molecule has 0 aromatic carbocycles. The normalized spacial score (nSPS) is 31.0. The molecule has 0 spiro atoms. The van der Waals surface area contributed by atoms with Crippen molar-refractivity contribution in [2.45, 2.75) is 11.9 Å². The minimum absolute atomic E-state index is 0.388. The molecule has 1 aliphatic carbocycles. The lowest BCUT2D eigenvalue weighted by Crippen LogP contribution is -2.42. The van der Waals surface area contributed by atoms with E-state index >= 15 is 0 Å². The third-order valence-corrected chi connectivity index (χ3v) is 1.67. The van der Waals surface area contributed by atoms with Crippen LogP contribution >= 0.6 is 0 Å². The summed E-state index contributed by atoms with van der Waals surface area (Å²) in [6.07, 6.45) is 1.53. The molecule has 0 aliphatic heterocycles. The summed E-state index contributed by atoms with van der Waals surface area (Å²) in [4.78, 5) is 18.4. The molecule has 1 aliphatic rings. The number of allylic oxidation sites excluding steroid dienone is 1. The summed E-state index contributed by atoms with van der Waals surface area (Å²) in [5.41, 5.74) is -0.617. The number of nitro groups is 2. The molecule has 0 aromatic rings. The molecule has 0 saturated heterocycles. The van der Waals surface area contributed by atoms with Gasteiger partial charge in [-0.15, -0.1) is 0 Å². The maximum atomic E-state index is 13.0. The van der Waals surface area contributed by atoms with E-state index in [1.54, 1.807) is 0 Å². The Balaban J connectivity index is 3.07. The lowest BCUT2D eigenvalue weighted by Gasteiger charge is -2.18. The van der Waals surface area contributed by atoms with Gasteiger partial charge in [-0.05, 0) is 6.08 Å². The minimum atomic E-state index is -3.18. The fourth-order valence-corrected chi connectivity index (χ4v) is 0.965. The largest absolute Gasteiger partial charge is 0.353 e. The Labute approximate surface area is 76.4 Å². The molecule has 2 unspecified atom stereocenters. The number of hydrogen-bond donors (Lipinski definition) is 1. The second kappa shape index (κ2) is 3.14. The summed E-state index contributed by atoms with van der Waals surface area (Å²) in [5.74, 6) is -3.18. The molecule has 0 fully saturated rings. The topological polar surface area (TPSA) is 107 Å². The van der Waals surface area contributed by atoms with Crippen molar-refractivity contribution in [2.24, 2.45) is 0 Å². The van der Waals surface area contributed by atoms with Gasteiger partial charge in [-0.2, -0.15) is 4.39 Å². The Kier molecular flexibility index (Phi) is 2.30. The van der Waals surface area contributed by atoms with Crippen molar-refractivity contribution in [1.82, 2.24) is 0 Å². The maximum Gasteiger partial charge on any atom is 0.299 e. The van der Waals surface area contributed by atoms with Gasteiger partial charge >= 0.3 is 0 Å². The molecule has 1 N–H and O–H groups in total. The van der Waals surface area contributed by atoms with Gasteiger partial charge in [0.05, 0.1) is 11.0 Å². The third-order valence-electron chi connectivity index (χ3n) is 1.67. The zero-order valence-electron chi connectivity index (χ0n) is 6.66. The molecule has 0 saturated carbocycles. The molecule has 0 amide bonds. The van der Waals surface area contributed by atoms with Crippen LogP contribution in [-0.2, 0) is 0 Å². The van der Waals surface area contributed by atoms with Gasteiger partial charge in [0.15, 0.2) is 0 Å². The molecule has 2 atom stereocenters. The maximum absolute atomic E-state index is 13.0. The summed E-state index contributed by atoms with van der Waals surface area (Å²) in [5, 5.41) is 29.3. The highest BCUT2D eigenvalue weighted by Crippen LogP contribution is 2.24. The highest BCUT2D eigenvalue weighted by atomic mass is 19.2. The summed E-state index contributed by atoms with van der Waals surface area (Å²) in [6, 6.07) is -2.15. The Hall–Kier alpha value is -1.83. The first kappa shape index (κ1) is 10.3. The van der Waals surface area contributed by atoms with Crippen LogP contribution in [0.5, 0.6) is 0 Å². The average Bonchev–Trinajstić information content (AvgIpc) is 2.02. The molecular formula is C6H5FN2O5. The number of nitrogens with zero attached hydrogens (tertiary/aromatic N) is 2. The van der Waals surface area contributed by atoms with E-state index in [4.69, 9.17) is 5.11 Å². The van der Waals surface area contributed by atoms with E-state index in [0.717, 1.165) is 0 Å². The fraction of sp³-hybridized carbons (Fsp3) is 0.333. The van der Waals surface area contributed by atoms with Crippen LogP contribution in [-0.4, -0.2) is 26.8 Å². The van der Waals surface area contributed by atoms with Crippen LogP contribution in [0.2, 0.25) is 0 Å².